The van der Waals surface area contributed by atoms with E-state index in [9.17, 15) is 19.2 Å². The first-order valence-corrected chi connectivity index (χ1v) is 21.4. The van der Waals surface area contributed by atoms with E-state index in [4.69, 9.17) is 14.5 Å². The Labute approximate surface area is 358 Å². The maximum absolute atomic E-state index is 14.1. The summed E-state index contributed by atoms with van der Waals surface area (Å²) in [6, 6.07) is 26.3. The van der Waals surface area contributed by atoms with Crippen molar-refractivity contribution in [2.45, 2.75) is 109 Å². The van der Waals surface area contributed by atoms with Gasteiger partial charge in [-0.25, -0.2) is 19.4 Å². The highest BCUT2D eigenvalue weighted by molar-refractivity contribution is 5.91. The molecule has 13 nitrogen and oxygen atoms in total. The van der Waals surface area contributed by atoms with Gasteiger partial charge in [0.25, 0.3) is 0 Å². The van der Waals surface area contributed by atoms with Gasteiger partial charge in [-0.2, -0.15) is 0 Å². The molecule has 4 amide bonds. The summed E-state index contributed by atoms with van der Waals surface area (Å²) in [5.41, 5.74) is 2.85. The Kier molecular flexibility index (Phi) is 14.9. The molecule has 5 aromatic rings. The number of aromatic amines is 2. The lowest BCUT2D eigenvalue weighted by molar-refractivity contribution is -0.159. The van der Waals surface area contributed by atoms with Crippen molar-refractivity contribution < 1.29 is 28.7 Å². The van der Waals surface area contributed by atoms with Gasteiger partial charge in [-0.3, -0.25) is 4.79 Å². The summed E-state index contributed by atoms with van der Waals surface area (Å²) in [5, 5.41) is 10.0. The number of alkyl carbamates (subject to hydrolysis) is 1. The molecule has 2 aromatic heterocycles. The number of nitrogens with one attached hydrogen (secondary N) is 5. The van der Waals surface area contributed by atoms with Crippen molar-refractivity contribution in [1.29, 1.82) is 0 Å². The van der Waals surface area contributed by atoms with Gasteiger partial charge >= 0.3 is 18.1 Å². The van der Waals surface area contributed by atoms with Gasteiger partial charge in [0, 0.05) is 55.0 Å². The van der Waals surface area contributed by atoms with E-state index in [2.05, 4.69) is 56.3 Å². The van der Waals surface area contributed by atoms with Crippen LogP contribution in [0, 0.1) is 5.92 Å². The molecule has 0 unspecified atom stereocenters. The lowest BCUT2D eigenvalue weighted by atomic mass is 9.88. The van der Waals surface area contributed by atoms with Crippen LogP contribution < -0.4 is 16.0 Å². The van der Waals surface area contributed by atoms with Crippen molar-refractivity contribution in [3.05, 3.63) is 126 Å². The number of carbonyl (C=O) groups excluding carboxylic acids is 4. The zero-order valence-electron chi connectivity index (χ0n) is 36.1. The summed E-state index contributed by atoms with van der Waals surface area (Å²) in [4.78, 5) is 67.0. The second-order valence-corrected chi connectivity index (χ2v) is 17.5. The van der Waals surface area contributed by atoms with Crippen LogP contribution in [0.25, 0.3) is 10.9 Å². The van der Waals surface area contributed by atoms with E-state index in [0.717, 1.165) is 41.3 Å². The van der Waals surface area contributed by atoms with Crippen molar-refractivity contribution >= 4 is 34.9 Å². The minimum atomic E-state index is -1.15. The molecule has 13 heteroatoms. The Morgan fingerprint density at radius 2 is 1.52 bits per heavy atom. The third-order valence-corrected chi connectivity index (χ3v) is 11.2. The number of amides is 4. The van der Waals surface area contributed by atoms with Gasteiger partial charge in [0.15, 0.2) is 0 Å². The molecule has 0 saturated carbocycles. The van der Waals surface area contributed by atoms with Crippen molar-refractivity contribution in [2.24, 2.45) is 5.92 Å². The van der Waals surface area contributed by atoms with Crippen LogP contribution in [0.5, 0.6) is 0 Å². The molecule has 0 aliphatic carbocycles. The normalized spacial score (nSPS) is 14.5. The summed E-state index contributed by atoms with van der Waals surface area (Å²) >= 11 is 0. The van der Waals surface area contributed by atoms with E-state index in [1.54, 1.807) is 40.8 Å². The zero-order valence-corrected chi connectivity index (χ0v) is 36.1. The number of nitrogens with zero attached hydrogens (tertiary/aromatic N) is 2. The molecule has 1 aliphatic rings. The smallest absolute Gasteiger partial charge is 0.407 e. The van der Waals surface area contributed by atoms with E-state index in [0.29, 0.717) is 62.8 Å². The SMILES string of the molecule is CC(C)(C)OC(=O)[C@@H](CCCCNC(=O)OCc1ccccc1)NC(=O)C(C)(C)c1cnc([C@@H](Cc2c[nH]c3ccccc23)NC(=O)N2CCC(Cc3ccccc3)CC2)[nH]1. The Morgan fingerprint density at radius 1 is 0.852 bits per heavy atom. The Hall–Kier alpha value is -6.11. The number of hydrogen-bond acceptors (Lipinski definition) is 7. The van der Waals surface area contributed by atoms with Gasteiger partial charge in [0.05, 0.1) is 11.5 Å². The van der Waals surface area contributed by atoms with Gasteiger partial charge in [-0.1, -0.05) is 78.9 Å². The highest BCUT2D eigenvalue weighted by atomic mass is 16.6. The quantitative estimate of drug-likeness (QED) is 0.0467. The predicted molar refractivity (Wildman–Crippen MR) is 236 cm³/mol. The third kappa shape index (κ3) is 12.7. The zero-order chi connectivity index (χ0) is 43.4. The van der Waals surface area contributed by atoms with Crippen molar-refractivity contribution in [3.63, 3.8) is 0 Å². The number of carbonyl (C=O) groups is 4. The molecule has 5 N–H and O–H groups in total. The standard InChI is InChI=1S/C48H61N7O6/c1-47(2,3)61-43(56)39(22-14-15-25-49-46(59)60-32-35-18-10-7-11-19-35)52-44(57)48(4,5)41-31-51-42(54-41)40(29-36-30-50-38-21-13-12-20-37(36)38)53-45(58)55-26-23-34(24-27-55)28-33-16-8-6-9-17-33/h6-13,16-21,30-31,34,39-40,50H,14-15,22-29,32H2,1-5H3,(H,49,59)(H,51,54)(H,52,57)(H,53,58)/t39-,40-/m1/s1. The first kappa shape index (κ1) is 44.4. The molecule has 61 heavy (non-hydrogen) atoms. The largest absolute Gasteiger partial charge is 0.458 e. The fourth-order valence-electron chi connectivity index (χ4n) is 7.62. The summed E-state index contributed by atoms with van der Waals surface area (Å²) in [5.74, 6) is 0.106. The lowest BCUT2D eigenvalue weighted by Gasteiger charge is -2.33. The molecule has 1 fully saturated rings. The Balaban J connectivity index is 1.10. The number of para-hydroxylation sites is 1. The average molecular weight is 832 g/mol. The van der Waals surface area contributed by atoms with Crippen LogP contribution in [0.4, 0.5) is 9.59 Å². The molecule has 0 radical (unpaired) electrons. The molecular formula is C48H61N7O6. The Bertz CT molecular complexity index is 2200. The number of hydrogen-bond donors (Lipinski definition) is 5. The molecule has 1 aliphatic heterocycles. The second-order valence-electron chi connectivity index (χ2n) is 17.5. The highest BCUT2D eigenvalue weighted by Crippen LogP contribution is 2.28. The fraction of sp³-hybridized carbons (Fsp3) is 0.438. The van der Waals surface area contributed by atoms with Crippen LogP contribution in [0.2, 0.25) is 0 Å². The monoisotopic (exact) mass is 831 g/mol. The summed E-state index contributed by atoms with van der Waals surface area (Å²) < 4.78 is 11.0. The highest BCUT2D eigenvalue weighted by Gasteiger charge is 2.37. The van der Waals surface area contributed by atoms with E-state index in [1.807, 2.05) is 65.7 Å². The molecule has 0 spiro atoms. The molecule has 324 valence electrons. The lowest BCUT2D eigenvalue weighted by Crippen LogP contribution is -2.50. The minimum absolute atomic E-state index is 0.155. The summed E-state index contributed by atoms with van der Waals surface area (Å²) in [6.45, 7) is 10.7. The van der Waals surface area contributed by atoms with Crippen LogP contribution in [-0.4, -0.2) is 75.1 Å². The number of aromatic nitrogens is 3. The number of esters is 1. The van der Waals surface area contributed by atoms with Crippen molar-refractivity contribution in [3.8, 4) is 0 Å². The topological polar surface area (TPSA) is 171 Å². The average Bonchev–Trinajstić information content (AvgIpc) is 3.91. The van der Waals surface area contributed by atoms with E-state index in [-0.39, 0.29) is 12.6 Å². The van der Waals surface area contributed by atoms with Crippen LogP contribution in [0.15, 0.2) is 97.3 Å². The predicted octanol–water partition coefficient (Wildman–Crippen LogP) is 8.04. The maximum Gasteiger partial charge on any atom is 0.407 e. The van der Waals surface area contributed by atoms with E-state index < -0.39 is 41.1 Å². The molecule has 0 bridgehead atoms. The minimum Gasteiger partial charge on any atom is -0.458 e. The first-order chi connectivity index (χ1) is 29.2. The number of piperidine rings is 1. The molecule has 3 aromatic carbocycles. The maximum atomic E-state index is 14.1. The van der Waals surface area contributed by atoms with E-state index >= 15 is 0 Å². The molecule has 1 saturated heterocycles. The first-order valence-electron chi connectivity index (χ1n) is 21.4. The number of imidazole rings is 1. The van der Waals surface area contributed by atoms with Gasteiger partial charge in [0.1, 0.15) is 24.1 Å². The molecule has 2 atom stereocenters. The molecular weight excluding hydrogens is 771 g/mol. The van der Waals surface area contributed by atoms with Gasteiger partial charge < -0.3 is 40.3 Å². The summed E-state index contributed by atoms with van der Waals surface area (Å²) in [7, 11) is 0. The fourth-order valence-corrected chi connectivity index (χ4v) is 7.62. The Morgan fingerprint density at radius 3 is 2.23 bits per heavy atom. The number of likely N-dealkylation sites (tertiary alicyclic amines) is 1. The number of unbranched alkanes of at least 4 members (excludes halogenated alkanes) is 1. The van der Waals surface area contributed by atoms with Crippen LogP contribution in [-0.2, 0) is 43.9 Å². The van der Waals surface area contributed by atoms with Crippen LogP contribution in [0.3, 0.4) is 0 Å². The summed E-state index contributed by atoms with van der Waals surface area (Å²) in [6.07, 6.45) is 7.76. The van der Waals surface area contributed by atoms with Crippen LogP contribution in [0.1, 0.15) is 101 Å². The molecule has 3 heterocycles. The van der Waals surface area contributed by atoms with Gasteiger partial charge in [-0.15, -0.1) is 0 Å². The number of ether oxygens (including phenoxy) is 2. The van der Waals surface area contributed by atoms with E-state index in [1.165, 1.54) is 5.56 Å². The second kappa shape index (κ2) is 20.4. The number of fused-ring (bicyclic) bond motifs is 1. The number of benzene rings is 3. The number of rotatable bonds is 17. The van der Waals surface area contributed by atoms with Crippen LogP contribution >= 0.6 is 0 Å². The van der Waals surface area contributed by atoms with Gasteiger partial charge in [0.2, 0.25) is 5.91 Å². The van der Waals surface area contributed by atoms with Gasteiger partial charge in [-0.05, 0) is 102 Å². The molecule has 6 rings (SSSR count). The number of H-pyrrole nitrogens is 2. The van der Waals surface area contributed by atoms with Crippen molar-refractivity contribution in [1.82, 2.24) is 35.8 Å². The third-order valence-electron chi connectivity index (χ3n) is 11.2. The number of urea groups is 1. The van der Waals surface area contributed by atoms with Crippen molar-refractivity contribution in [2.75, 3.05) is 19.6 Å².